The van der Waals surface area contributed by atoms with Gasteiger partial charge >= 0.3 is 0 Å². The van der Waals surface area contributed by atoms with E-state index in [1.807, 2.05) is 48.5 Å². The Kier molecular flexibility index (Phi) is 8.66. The molecule has 0 saturated carbocycles. The van der Waals surface area contributed by atoms with Crippen molar-refractivity contribution in [3.05, 3.63) is 48.5 Å². The Bertz CT molecular complexity index is 565. The lowest BCUT2D eigenvalue weighted by molar-refractivity contribution is 0.172. The first-order valence-corrected chi connectivity index (χ1v) is 8.52. The summed E-state index contributed by atoms with van der Waals surface area (Å²) in [6, 6.07) is 15.8. The summed E-state index contributed by atoms with van der Waals surface area (Å²) in [5.41, 5.74) is 1.95. The zero-order valence-corrected chi connectivity index (χ0v) is 15.0. The highest BCUT2D eigenvalue weighted by Gasteiger charge is 2.01. The molecule has 136 valence electrons. The number of rotatable bonds is 12. The van der Waals surface area contributed by atoms with Crippen LogP contribution in [0.1, 0.15) is 12.8 Å². The van der Waals surface area contributed by atoms with Gasteiger partial charge in [-0.15, -0.1) is 0 Å². The molecule has 0 atom stereocenters. The van der Waals surface area contributed by atoms with Crippen molar-refractivity contribution in [2.75, 3.05) is 46.0 Å². The number of methoxy groups -OCH3 is 2. The molecule has 0 unspecified atom stereocenters. The maximum Gasteiger partial charge on any atom is 0.121 e. The van der Waals surface area contributed by atoms with E-state index >= 15 is 0 Å². The highest BCUT2D eigenvalue weighted by atomic mass is 16.5. The van der Waals surface area contributed by atoms with Gasteiger partial charge in [0, 0.05) is 63.8 Å². The second-order valence-electron chi connectivity index (χ2n) is 5.57. The highest BCUT2D eigenvalue weighted by Crippen LogP contribution is 2.24. The van der Waals surface area contributed by atoms with E-state index in [-0.39, 0.29) is 0 Å². The van der Waals surface area contributed by atoms with Crippen LogP contribution >= 0.6 is 0 Å². The molecule has 0 heterocycles. The topological polar surface area (TPSA) is 49.0 Å². The van der Waals surface area contributed by atoms with Crippen LogP contribution in [0.3, 0.4) is 0 Å². The van der Waals surface area contributed by atoms with Gasteiger partial charge in [-0.05, 0) is 24.3 Å². The predicted molar refractivity (Wildman–Crippen MR) is 100 cm³/mol. The van der Waals surface area contributed by atoms with Crippen molar-refractivity contribution >= 4 is 11.4 Å². The average molecular weight is 345 g/mol. The maximum atomic E-state index is 5.73. The number of benzene rings is 2. The van der Waals surface area contributed by atoms with Crippen molar-refractivity contribution in [3.63, 3.8) is 0 Å². The first-order chi connectivity index (χ1) is 12.3. The van der Waals surface area contributed by atoms with E-state index in [4.69, 9.17) is 18.9 Å². The Morgan fingerprint density at radius 2 is 1.16 bits per heavy atom. The van der Waals surface area contributed by atoms with Gasteiger partial charge in [0.2, 0.25) is 0 Å². The van der Waals surface area contributed by atoms with Gasteiger partial charge in [0.25, 0.3) is 0 Å². The van der Waals surface area contributed by atoms with Crippen LogP contribution in [-0.4, -0.2) is 40.6 Å². The molecule has 1 N–H and O–H groups in total. The monoisotopic (exact) mass is 345 g/mol. The van der Waals surface area contributed by atoms with Crippen LogP contribution in [0.5, 0.6) is 11.5 Å². The molecule has 2 aromatic carbocycles. The molecule has 0 aromatic heterocycles. The lowest BCUT2D eigenvalue weighted by atomic mass is 10.2. The quantitative estimate of drug-likeness (QED) is 0.583. The van der Waals surface area contributed by atoms with Gasteiger partial charge in [-0.25, -0.2) is 0 Å². The molecular formula is C20H27NO4. The summed E-state index contributed by atoms with van der Waals surface area (Å²) in [6.45, 7) is 2.69. The van der Waals surface area contributed by atoms with E-state index in [1.165, 1.54) is 0 Å². The summed E-state index contributed by atoms with van der Waals surface area (Å²) >= 11 is 0. The van der Waals surface area contributed by atoms with Gasteiger partial charge in [-0.1, -0.05) is 12.1 Å². The van der Waals surface area contributed by atoms with Crippen LogP contribution in [-0.2, 0) is 9.47 Å². The second-order valence-corrected chi connectivity index (χ2v) is 5.57. The smallest absolute Gasteiger partial charge is 0.121 e. The molecule has 0 spiro atoms. The summed E-state index contributed by atoms with van der Waals surface area (Å²) in [5.74, 6) is 1.68. The Morgan fingerprint density at radius 1 is 0.680 bits per heavy atom. The first-order valence-electron chi connectivity index (χ1n) is 8.52. The van der Waals surface area contributed by atoms with E-state index < -0.39 is 0 Å². The third-order valence-corrected chi connectivity index (χ3v) is 3.48. The summed E-state index contributed by atoms with van der Waals surface area (Å²) in [7, 11) is 3.39. The Balaban J connectivity index is 1.88. The van der Waals surface area contributed by atoms with Crippen molar-refractivity contribution in [1.29, 1.82) is 0 Å². The maximum absolute atomic E-state index is 5.73. The molecule has 0 amide bonds. The van der Waals surface area contributed by atoms with Gasteiger partial charge in [0.1, 0.15) is 11.5 Å². The molecular weight excluding hydrogens is 318 g/mol. The van der Waals surface area contributed by atoms with Crippen LogP contribution in [0, 0.1) is 0 Å². The largest absolute Gasteiger partial charge is 0.493 e. The van der Waals surface area contributed by atoms with Crippen LogP contribution in [0.25, 0.3) is 0 Å². The average Bonchev–Trinajstić information content (AvgIpc) is 2.63. The van der Waals surface area contributed by atoms with Crippen molar-refractivity contribution in [2.24, 2.45) is 0 Å². The molecule has 2 aromatic rings. The number of hydrogen-bond acceptors (Lipinski definition) is 5. The van der Waals surface area contributed by atoms with E-state index in [0.29, 0.717) is 26.4 Å². The van der Waals surface area contributed by atoms with E-state index in [2.05, 4.69) is 5.32 Å². The predicted octanol–water partition coefficient (Wildman–Crippen LogP) is 4.26. The lowest BCUT2D eigenvalue weighted by Gasteiger charge is -2.11. The molecule has 2 rings (SSSR count). The third-order valence-electron chi connectivity index (χ3n) is 3.48. The second kappa shape index (κ2) is 11.3. The van der Waals surface area contributed by atoms with E-state index in [9.17, 15) is 0 Å². The van der Waals surface area contributed by atoms with Gasteiger partial charge in [0.15, 0.2) is 0 Å². The van der Waals surface area contributed by atoms with Crippen LogP contribution < -0.4 is 14.8 Å². The fraction of sp³-hybridized carbons (Fsp3) is 0.400. The molecule has 0 bridgehead atoms. The number of anilines is 2. The SMILES string of the molecule is COCCCOc1cccc(Nc2cccc(OCCCOC)c2)c1. The van der Waals surface area contributed by atoms with Crippen LogP contribution in [0.4, 0.5) is 11.4 Å². The van der Waals surface area contributed by atoms with Crippen molar-refractivity contribution in [1.82, 2.24) is 0 Å². The van der Waals surface area contributed by atoms with E-state index in [1.54, 1.807) is 14.2 Å². The Labute approximate surface area is 149 Å². The summed E-state index contributed by atoms with van der Waals surface area (Å²) < 4.78 is 21.5. The summed E-state index contributed by atoms with van der Waals surface area (Å²) in [5, 5.41) is 3.38. The standard InChI is InChI=1S/C20H27NO4/c1-22-11-5-13-24-19-9-3-7-17(15-19)21-18-8-4-10-20(16-18)25-14-6-12-23-2/h3-4,7-10,15-16,21H,5-6,11-14H2,1-2H3. The van der Waals surface area contributed by atoms with Crippen molar-refractivity contribution in [2.45, 2.75) is 12.8 Å². The third kappa shape index (κ3) is 7.45. The van der Waals surface area contributed by atoms with Crippen molar-refractivity contribution in [3.8, 4) is 11.5 Å². The lowest BCUT2D eigenvalue weighted by Crippen LogP contribution is -2.02. The molecule has 0 aliphatic heterocycles. The minimum atomic E-state index is 0.641. The molecule has 5 heteroatoms. The zero-order valence-electron chi connectivity index (χ0n) is 15.0. The highest BCUT2D eigenvalue weighted by molar-refractivity contribution is 5.62. The molecule has 0 saturated heterocycles. The molecule has 0 radical (unpaired) electrons. The fourth-order valence-corrected chi connectivity index (χ4v) is 2.28. The summed E-state index contributed by atoms with van der Waals surface area (Å²) in [6.07, 6.45) is 1.74. The fourth-order valence-electron chi connectivity index (χ4n) is 2.28. The summed E-state index contributed by atoms with van der Waals surface area (Å²) in [4.78, 5) is 0. The first kappa shape index (κ1) is 19.1. The Morgan fingerprint density at radius 3 is 1.60 bits per heavy atom. The van der Waals surface area contributed by atoms with E-state index in [0.717, 1.165) is 35.7 Å². The minimum absolute atomic E-state index is 0.641. The molecule has 5 nitrogen and oxygen atoms in total. The zero-order chi connectivity index (χ0) is 17.7. The van der Waals surface area contributed by atoms with Gasteiger partial charge in [-0.3, -0.25) is 0 Å². The molecule has 25 heavy (non-hydrogen) atoms. The van der Waals surface area contributed by atoms with Crippen molar-refractivity contribution < 1.29 is 18.9 Å². The molecule has 0 aliphatic rings. The molecule has 0 aliphatic carbocycles. The Hall–Kier alpha value is -2.24. The minimum Gasteiger partial charge on any atom is -0.493 e. The number of hydrogen-bond donors (Lipinski definition) is 1. The number of nitrogens with one attached hydrogen (secondary N) is 1. The van der Waals surface area contributed by atoms with Crippen LogP contribution in [0.15, 0.2) is 48.5 Å². The normalized spacial score (nSPS) is 10.5. The number of ether oxygens (including phenoxy) is 4. The van der Waals surface area contributed by atoms with Gasteiger partial charge in [-0.2, -0.15) is 0 Å². The van der Waals surface area contributed by atoms with Gasteiger partial charge < -0.3 is 24.3 Å². The van der Waals surface area contributed by atoms with Crippen LogP contribution in [0.2, 0.25) is 0 Å². The van der Waals surface area contributed by atoms with Gasteiger partial charge in [0.05, 0.1) is 13.2 Å². The molecule has 0 fully saturated rings.